The summed E-state index contributed by atoms with van der Waals surface area (Å²) in [5, 5.41) is 4.16. The molecule has 0 atom stereocenters. The van der Waals surface area contributed by atoms with Gasteiger partial charge in [-0.05, 0) is 55.8 Å². The monoisotopic (exact) mass is 439 g/mol. The molecule has 3 aromatic carbocycles. The summed E-state index contributed by atoms with van der Waals surface area (Å²) in [6.07, 6.45) is 3.76. The third-order valence-corrected chi connectivity index (χ3v) is 6.47. The van der Waals surface area contributed by atoms with Gasteiger partial charge >= 0.3 is 0 Å². The molecule has 5 rings (SSSR count). The van der Waals surface area contributed by atoms with E-state index in [1.807, 2.05) is 78.6 Å². The van der Waals surface area contributed by atoms with Crippen LogP contribution in [0.1, 0.15) is 34.3 Å². The summed E-state index contributed by atoms with van der Waals surface area (Å²) in [6.45, 7) is 4.64. The lowest BCUT2D eigenvalue weighted by Gasteiger charge is -2.21. The molecule has 0 radical (unpaired) electrons. The first kappa shape index (κ1) is 20.3. The summed E-state index contributed by atoms with van der Waals surface area (Å²) >= 11 is 1.59. The van der Waals surface area contributed by atoms with Crippen molar-refractivity contribution in [2.75, 3.05) is 11.4 Å². The molecule has 2 heterocycles. The van der Waals surface area contributed by atoms with Crippen LogP contribution in [0.4, 0.5) is 5.69 Å². The predicted molar refractivity (Wildman–Crippen MR) is 128 cm³/mol. The second-order valence-corrected chi connectivity index (χ2v) is 8.61. The molecule has 1 aliphatic heterocycles. The number of hydrogen-bond acceptors (Lipinski definition) is 5. The third-order valence-electron chi connectivity index (χ3n) is 5.35. The molecule has 0 spiro atoms. The topological polar surface area (TPSA) is 59.2 Å². The van der Waals surface area contributed by atoms with E-state index in [4.69, 9.17) is 4.52 Å². The summed E-state index contributed by atoms with van der Waals surface area (Å²) in [5.74, 6) is 0.980. The van der Waals surface area contributed by atoms with E-state index in [2.05, 4.69) is 29.2 Å². The fourth-order valence-electron chi connectivity index (χ4n) is 3.64. The lowest BCUT2D eigenvalue weighted by Crippen LogP contribution is -2.30. The van der Waals surface area contributed by atoms with Gasteiger partial charge in [0, 0.05) is 28.0 Å². The van der Waals surface area contributed by atoms with E-state index in [1.54, 1.807) is 11.8 Å². The van der Waals surface area contributed by atoms with Crippen LogP contribution in [-0.2, 0) is 0 Å². The van der Waals surface area contributed by atoms with Crippen molar-refractivity contribution in [1.82, 2.24) is 10.1 Å². The number of aromatic nitrogens is 2. The number of carbonyl (C=O) groups excluding carboxylic acids is 1. The minimum Gasteiger partial charge on any atom is -0.334 e. The van der Waals surface area contributed by atoms with Gasteiger partial charge in [-0.25, -0.2) is 0 Å². The molecule has 0 N–H and O–H groups in total. The summed E-state index contributed by atoms with van der Waals surface area (Å²) < 4.78 is 5.43. The quantitative estimate of drug-likeness (QED) is 0.371. The second kappa shape index (κ2) is 8.48. The Kier molecular flexibility index (Phi) is 5.37. The lowest BCUT2D eigenvalue weighted by atomic mass is 10.1. The normalized spacial score (nSPS) is 13.2. The van der Waals surface area contributed by atoms with Crippen LogP contribution in [0.25, 0.3) is 23.5 Å². The van der Waals surface area contributed by atoms with Crippen molar-refractivity contribution in [1.29, 1.82) is 0 Å². The van der Waals surface area contributed by atoms with Crippen LogP contribution < -0.4 is 4.90 Å². The van der Waals surface area contributed by atoms with Crippen molar-refractivity contribution in [3.63, 3.8) is 0 Å². The minimum atomic E-state index is 0.0187. The van der Waals surface area contributed by atoms with E-state index in [-0.39, 0.29) is 5.91 Å². The molecule has 0 unspecified atom stereocenters. The van der Waals surface area contributed by atoms with Crippen molar-refractivity contribution in [3.8, 4) is 11.4 Å². The molecule has 1 aromatic heterocycles. The van der Waals surface area contributed by atoms with Gasteiger partial charge in [0.15, 0.2) is 0 Å². The van der Waals surface area contributed by atoms with Crippen LogP contribution in [0.15, 0.2) is 81.0 Å². The van der Waals surface area contributed by atoms with Crippen LogP contribution in [0.2, 0.25) is 0 Å². The molecule has 5 nitrogen and oxygen atoms in total. The van der Waals surface area contributed by atoms with Crippen molar-refractivity contribution in [2.24, 2.45) is 0 Å². The van der Waals surface area contributed by atoms with Crippen molar-refractivity contribution in [3.05, 3.63) is 89.3 Å². The molecule has 0 bridgehead atoms. The van der Waals surface area contributed by atoms with Gasteiger partial charge in [-0.15, -0.1) is 0 Å². The summed E-state index contributed by atoms with van der Waals surface area (Å²) in [7, 11) is 0. The number of aryl methyl sites for hydroxylation is 1. The predicted octanol–water partition coefficient (Wildman–Crippen LogP) is 6.35. The standard InChI is InChI=1S/C26H21N3O2S/c1-3-29-21-14-13-19(16-23(21)32-22-7-5-4-6-20(22)26(29)30)25-27-24(31-28-25)15-12-18-10-8-17(2)9-11-18/h4-16H,3H2,1-2H3. The number of nitrogens with zero attached hydrogens (tertiary/aromatic N) is 3. The molecule has 0 aliphatic carbocycles. The Morgan fingerprint density at radius 3 is 2.62 bits per heavy atom. The van der Waals surface area contributed by atoms with Crippen LogP contribution in [0.5, 0.6) is 0 Å². The van der Waals surface area contributed by atoms with Gasteiger partial charge in [-0.2, -0.15) is 4.98 Å². The van der Waals surface area contributed by atoms with Gasteiger partial charge in [0.25, 0.3) is 11.8 Å². The van der Waals surface area contributed by atoms with Crippen molar-refractivity contribution >= 4 is 35.5 Å². The van der Waals surface area contributed by atoms with Gasteiger partial charge in [-0.1, -0.05) is 58.9 Å². The Balaban J connectivity index is 1.46. The summed E-state index contributed by atoms with van der Waals surface area (Å²) in [5.41, 5.74) is 4.75. The number of amides is 1. The number of hydrogen-bond donors (Lipinski definition) is 0. The van der Waals surface area contributed by atoms with Gasteiger partial charge in [0.2, 0.25) is 5.82 Å². The molecule has 0 fully saturated rings. The highest BCUT2D eigenvalue weighted by Crippen LogP contribution is 2.42. The van der Waals surface area contributed by atoms with E-state index in [9.17, 15) is 4.79 Å². The van der Waals surface area contributed by atoms with Crippen LogP contribution in [-0.4, -0.2) is 22.6 Å². The molecule has 158 valence electrons. The largest absolute Gasteiger partial charge is 0.334 e. The van der Waals surface area contributed by atoms with E-state index in [0.717, 1.165) is 32.2 Å². The number of carbonyl (C=O) groups is 1. The first-order valence-corrected chi connectivity index (χ1v) is 11.3. The molecule has 0 saturated carbocycles. The summed E-state index contributed by atoms with van der Waals surface area (Å²) in [6, 6.07) is 21.9. The molecule has 6 heteroatoms. The van der Waals surface area contributed by atoms with Crippen LogP contribution in [0, 0.1) is 6.92 Å². The Hall–Kier alpha value is -3.64. The molecular formula is C26H21N3O2S. The molecular weight excluding hydrogens is 418 g/mol. The van der Waals surface area contributed by atoms with Crippen LogP contribution in [0.3, 0.4) is 0 Å². The SMILES string of the molecule is CCN1C(=O)c2ccccc2Sc2cc(-c3noc(C=Cc4ccc(C)cc4)n3)ccc21. The lowest BCUT2D eigenvalue weighted by molar-refractivity contribution is 0.0985. The minimum absolute atomic E-state index is 0.0187. The zero-order valence-electron chi connectivity index (χ0n) is 17.8. The zero-order chi connectivity index (χ0) is 22.1. The first-order valence-electron chi connectivity index (χ1n) is 10.4. The van der Waals surface area contributed by atoms with Gasteiger partial charge < -0.3 is 9.42 Å². The fourth-order valence-corrected chi connectivity index (χ4v) is 4.76. The van der Waals surface area contributed by atoms with E-state index >= 15 is 0 Å². The highest BCUT2D eigenvalue weighted by atomic mass is 32.2. The third kappa shape index (κ3) is 3.85. The Bertz CT molecular complexity index is 1330. The molecule has 0 saturated heterocycles. The Labute approximate surface area is 190 Å². The van der Waals surface area contributed by atoms with Crippen molar-refractivity contribution in [2.45, 2.75) is 23.6 Å². The fraction of sp³-hybridized carbons (Fsp3) is 0.115. The molecule has 32 heavy (non-hydrogen) atoms. The van der Waals surface area contributed by atoms with E-state index in [1.165, 1.54) is 5.56 Å². The van der Waals surface area contributed by atoms with Gasteiger partial charge in [0.05, 0.1) is 11.3 Å². The maximum Gasteiger partial charge on any atom is 0.259 e. The number of fused-ring (bicyclic) bond motifs is 2. The molecule has 1 aliphatic rings. The Morgan fingerprint density at radius 2 is 1.81 bits per heavy atom. The average Bonchev–Trinajstić information content (AvgIpc) is 3.25. The van der Waals surface area contributed by atoms with Gasteiger partial charge in [0.1, 0.15) is 0 Å². The molecule has 4 aromatic rings. The van der Waals surface area contributed by atoms with Crippen molar-refractivity contribution < 1.29 is 9.32 Å². The van der Waals surface area contributed by atoms with E-state index in [0.29, 0.717) is 18.3 Å². The van der Waals surface area contributed by atoms with Gasteiger partial charge in [-0.3, -0.25) is 4.79 Å². The van der Waals surface area contributed by atoms with E-state index < -0.39 is 0 Å². The first-order chi connectivity index (χ1) is 15.6. The number of benzene rings is 3. The highest BCUT2D eigenvalue weighted by Gasteiger charge is 2.26. The Morgan fingerprint density at radius 1 is 1.00 bits per heavy atom. The highest BCUT2D eigenvalue weighted by molar-refractivity contribution is 7.99. The number of rotatable bonds is 4. The van der Waals surface area contributed by atoms with Crippen LogP contribution >= 0.6 is 11.8 Å². The second-order valence-electron chi connectivity index (χ2n) is 7.53. The zero-order valence-corrected chi connectivity index (χ0v) is 18.6. The average molecular weight is 440 g/mol. The maximum absolute atomic E-state index is 13.1. The summed E-state index contributed by atoms with van der Waals surface area (Å²) in [4.78, 5) is 21.3. The smallest absolute Gasteiger partial charge is 0.259 e. The maximum atomic E-state index is 13.1. The molecule has 1 amide bonds. The number of anilines is 1.